The number of ether oxygens (including phenoxy) is 1. The standard InChI is InChI=1S/C9H13IN2O4/c10-5-2-12(4-11-9(5)15)8-1-6(14)7(3-13)16-8/h2,6-8,13-14H,1,3-4H2,(H,11,15)/t6-,7-,8-/m1/s1. The summed E-state index contributed by atoms with van der Waals surface area (Å²) in [4.78, 5) is 13.0. The van der Waals surface area contributed by atoms with Crippen LogP contribution in [0.1, 0.15) is 6.42 Å². The second-order valence-corrected chi connectivity index (χ2v) is 4.93. The number of amides is 1. The third-order valence-corrected chi connectivity index (χ3v) is 3.44. The lowest BCUT2D eigenvalue weighted by Gasteiger charge is -2.30. The van der Waals surface area contributed by atoms with Crippen LogP contribution in [0, 0.1) is 0 Å². The topological polar surface area (TPSA) is 82.0 Å². The van der Waals surface area contributed by atoms with Gasteiger partial charge in [-0.1, -0.05) is 0 Å². The largest absolute Gasteiger partial charge is 0.394 e. The lowest BCUT2D eigenvalue weighted by atomic mass is 10.2. The van der Waals surface area contributed by atoms with E-state index < -0.39 is 12.2 Å². The Labute approximate surface area is 106 Å². The number of hydrogen-bond donors (Lipinski definition) is 3. The minimum atomic E-state index is -0.654. The van der Waals surface area contributed by atoms with Crippen LogP contribution in [0.5, 0.6) is 0 Å². The number of hydrogen-bond acceptors (Lipinski definition) is 5. The summed E-state index contributed by atoms with van der Waals surface area (Å²) >= 11 is 1.94. The molecule has 0 spiro atoms. The Bertz CT molecular complexity index is 323. The molecule has 0 aromatic carbocycles. The van der Waals surface area contributed by atoms with Crippen molar-refractivity contribution in [1.29, 1.82) is 0 Å². The molecule has 2 rings (SSSR count). The van der Waals surface area contributed by atoms with Crippen molar-refractivity contribution in [3.05, 3.63) is 9.78 Å². The van der Waals surface area contributed by atoms with Crippen LogP contribution < -0.4 is 5.32 Å². The van der Waals surface area contributed by atoms with E-state index in [-0.39, 0.29) is 18.7 Å². The smallest absolute Gasteiger partial charge is 0.260 e. The van der Waals surface area contributed by atoms with Gasteiger partial charge < -0.3 is 25.2 Å². The number of halogens is 1. The van der Waals surface area contributed by atoms with Gasteiger partial charge in [-0.25, -0.2) is 0 Å². The van der Waals surface area contributed by atoms with Crippen molar-refractivity contribution in [2.24, 2.45) is 0 Å². The van der Waals surface area contributed by atoms with Gasteiger partial charge in [0.15, 0.2) is 0 Å². The average molecular weight is 340 g/mol. The first-order valence-electron chi connectivity index (χ1n) is 4.97. The van der Waals surface area contributed by atoms with Crippen LogP contribution in [-0.2, 0) is 9.53 Å². The molecule has 0 bridgehead atoms. The molecule has 1 saturated heterocycles. The van der Waals surface area contributed by atoms with E-state index in [1.807, 2.05) is 27.5 Å². The van der Waals surface area contributed by atoms with Crippen molar-refractivity contribution in [1.82, 2.24) is 10.2 Å². The monoisotopic (exact) mass is 340 g/mol. The van der Waals surface area contributed by atoms with Gasteiger partial charge in [-0.05, 0) is 22.6 Å². The Hall–Kier alpha value is -0.380. The van der Waals surface area contributed by atoms with Gasteiger partial charge in [-0.2, -0.15) is 0 Å². The Morgan fingerprint density at radius 2 is 2.44 bits per heavy atom. The molecular formula is C9H13IN2O4. The maximum Gasteiger partial charge on any atom is 0.260 e. The van der Waals surface area contributed by atoms with Crippen molar-refractivity contribution >= 4 is 28.5 Å². The fraction of sp³-hybridized carbons (Fsp3) is 0.667. The number of carbonyl (C=O) groups is 1. The lowest BCUT2D eigenvalue weighted by Crippen LogP contribution is -2.44. The first-order chi connectivity index (χ1) is 7.61. The van der Waals surface area contributed by atoms with Gasteiger partial charge in [-0.15, -0.1) is 0 Å². The highest BCUT2D eigenvalue weighted by atomic mass is 127. The van der Waals surface area contributed by atoms with E-state index in [1.54, 1.807) is 6.20 Å². The predicted molar refractivity (Wildman–Crippen MR) is 63.3 cm³/mol. The highest BCUT2D eigenvalue weighted by molar-refractivity contribution is 14.1. The van der Waals surface area contributed by atoms with Crippen LogP contribution in [0.3, 0.4) is 0 Å². The first kappa shape index (κ1) is 12.1. The zero-order chi connectivity index (χ0) is 11.7. The molecule has 1 amide bonds. The van der Waals surface area contributed by atoms with Gasteiger partial charge in [-0.3, -0.25) is 4.79 Å². The van der Waals surface area contributed by atoms with Crippen LogP contribution in [0.4, 0.5) is 0 Å². The molecule has 0 saturated carbocycles. The average Bonchev–Trinajstić information content (AvgIpc) is 2.64. The third kappa shape index (κ3) is 2.31. The molecule has 0 radical (unpaired) electrons. The van der Waals surface area contributed by atoms with Crippen molar-refractivity contribution in [3.63, 3.8) is 0 Å². The normalized spacial score (nSPS) is 34.9. The Balaban J connectivity index is 2.02. The molecule has 6 nitrogen and oxygen atoms in total. The van der Waals surface area contributed by atoms with Crippen molar-refractivity contribution in [2.75, 3.05) is 13.3 Å². The van der Waals surface area contributed by atoms with E-state index in [4.69, 9.17) is 9.84 Å². The predicted octanol–water partition coefficient (Wildman–Crippen LogP) is -0.880. The Kier molecular flexibility index (Phi) is 3.67. The van der Waals surface area contributed by atoms with Gasteiger partial charge in [0.2, 0.25) is 0 Å². The molecule has 7 heteroatoms. The number of rotatable bonds is 2. The van der Waals surface area contributed by atoms with Crippen LogP contribution in [-0.4, -0.2) is 52.7 Å². The number of aliphatic hydroxyl groups excluding tert-OH is 2. The summed E-state index contributed by atoms with van der Waals surface area (Å²) in [5.41, 5.74) is 0. The highest BCUT2D eigenvalue weighted by Gasteiger charge is 2.37. The molecule has 2 aliphatic heterocycles. The molecule has 2 heterocycles. The zero-order valence-electron chi connectivity index (χ0n) is 8.47. The fourth-order valence-electron chi connectivity index (χ4n) is 1.77. The quantitative estimate of drug-likeness (QED) is 0.569. The summed E-state index contributed by atoms with van der Waals surface area (Å²) in [5, 5.41) is 21.2. The van der Waals surface area contributed by atoms with Crippen LogP contribution >= 0.6 is 22.6 Å². The summed E-state index contributed by atoms with van der Waals surface area (Å²) < 4.78 is 6.05. The van der Waals surface area contributed by atoms with E-state index in [9.17, 15) is 9.90 Å². The second kappa shape index (κ2) is 4.86. The minimum Gasteiger partial charge on any atom is -0.394 e. The fourth-order valence-corrected chi connectivity index (χ4v) is 2.32. The molecule has 3 N–H and O–H groups in total. The van der Waals surface area contributed by atoms with E-state index >= 15 is 0 Å². The van der Waals surface area contributed by atoms with Crippen molar-refractivity contribution < 1.29 is 19.7 Å². The van der Waals surface area contributed by atoms with Gasteiger partial charge >= 0.3 is 0 Å². The number of nitrogens with zero attached hydrogens (tertiary/aromatic N) is 1. The van der Waals surface area contributed by atoms with Gasteiger partial charge in [0.1, 0.15) is 12.3 Å². The van der Waals surface area contributed by atoms with E-state index in [1.165, 1.54) is 0 Å². The van der Waals surface area contributed by atoms with Crippen molar-refractivity contribution in [3.8, 4) is 0 Å². The number of nitrogens with one attached hydrogen (secondary N) is 1. The molecular weight excluding hydrogens is 327 g/mol. The van der Waals surface area contributed by atoms with Crippen LogP contribution in [0.15, 0.2) is 9.78 Å². The third-order valence-electron chi connectivity index (χ3n) is 2.67. The van der Waals surface area contributed by atoms with Crippen LogP contribution in [0.25, 0.3) is 0 Å². The molecule has 3 atom stereocenters. The molecule has 0 aliphatic carbocycles. The minimum absolute atomic E-state index is 0.103. The van der Waals surface area contributed by atoms with E-state index in [0.717, 1.165) is 0 Å². The van der Waals surface area contributed by atoms with Crippen LogP contribution in [0.2, 0.25) is 0 Å². The molecule has 2 aliphatic rings. The summed E-state index contributed by atoms with van der Waals surface area (Å²) in [5.74, 6) is -0.103. The van der Waals surface area contributed by atoms with Crippen molar-refractivity contribution in [2.45, 2.75) is 24.9 Å². The molecule has 1 fully saturated rings. The summed E-state index contributed by atoms with van der Waals surface area (Å²) in [6.45, 7) is 0.166. The Morgan fingerprint density at radius 1 is 1.69 bits per heavy atom. The SMILES string of the molecule is O=C1NCN([C@H]2C[C@@H](O)[C@@H](CO)O2)C=C1I. The zero-order valence-corrected chi connectivity index (χ0v) is 10.6. The summed E-state index contributed by atoms with van der Waals surface area (Å²) in [6, 6.07) is 0. The van der Waals surface area contributed by atoms with Gasteiger partial charge in [0.25, 0.3) is 5.91 Å². The van der Waals surface area contributed by atoms with Gasteiger partial charge in [0.05, 0.1) is 23.0 Å². The molecule has 0 aromatic rings. The maximum absolute atomic E-state index is 11.2. The molecule has 0 aromatic heterocycles. The Morgan fingerprint density at radius 3 is 3.00 bits per heavy atom. The highest BCUT2D eigenvalue weighted by Crippen LogP contribution is 2.25. The summed E-state index contributed by atoms with van der Waals surface area (Å²) in [6.07, 6.45) is 0.655. The first-order valence-corrected chi connectivity index (χ1v) is 6.05. The number of carbonyl (C=O) groups excluding carboxylic acids is 1. The van der Waals surface area contributed by atoms with Gasteiger partial charge in [0, 0.05) is 12.6 Å². The number of aliphatic hydroxyl groups is 2. The molecule has 90 valence electrons. The summed E-state index contributed by atoms with van der Waals surface area (Å²) in [7, 11) is 0. The molecule has 16 heavy (non-hydrogen) atoms. The van der Waals surface area contributed by atoms with E-state index in [2.05, 4.69) is 5.32 Å². The maximum atomic E-state index is 11.2. The van der Waals surface area contributed by atoms with E-state index in [0.29, 0.717) is 16.7 Å². The molecule has 0 unspecified atom stereocenters. The lowest BCUT2D eigenvalue weighted by molar-refractivity contribution is -0.120. The second-order valence-electron chi connectivity index (χ2n) is 3.77.